The van der Waals surface area contributed by atoms with E-state index in [0.717, 1.165) is 0 Å². The van der Waals surface area contributed by atoms with E-state index in [1.807, 2.05) is 4.90 Å². The molecule has 21 heavy (non-hydrogen) atoms. The molecule has 1 aliphatic heterocycles. The smallest absolute Gasteiger partial charge is 0.401 e. The highest BCUT2D eigenvalue weighted by Crippen LogP contribution is 2.20. The van der Waals surface area contributed by atoms with Crippen molar-refractivity contribution in [3.8, 4) is 0 Å². The predicted molar refractivity (Wildman–Crippen MR) is 70.6 cm³/mol. The molecule has 0 spiro atoms. The summed E-state index contributed by atoms with van der Waals surface area (Å²) < 4.78 is 37.0. The summed E-state index contributed by atoms with van der Waals surface area (Å²) in [6.45, 7) is 2.12. The molecule has 1 N–H and O–H groups in total. The summed E-state index contributed by atoms with van der Waals surface area (Å²) in [5, 5.41) is 9.02. The minimum atomic E-state index is -4.19. The Morgan fingerprint density at radius 2 is 1.90 bits per heavy atom. The van der Waals surface area contributed by atoms with Gasteiger partial charge in [0.15, 0.2) is 0 Å². The fourth-order valence-corrected chi connectivity index (χ4v) is 2.33. The minimum Gasteiger partial charge on any atom is -0.478 e. The average molecular weight is 303 g/mol. The molecule has 0 amide bonds. The lowest BCUT2D eigenvalue weighted by Gasteiger charge is -2.35. The van der Waals surface area contributed by atoms with Gasteiger partial charge in [-0.1, -0.05) is 0 Å². The molecule has 1 aromatic rings. The van der Waals surface area contributed by atoms with Crippen molar-refractivity contribution in [2.75, 3.05) is 37.6 Å². The second-order valence-electron chi connectivity index (χ2n) is 5.04. The number of halogens is 3. The number of alkyl halides is 3. The maximum Gasteiger partial charge on any atom is 0.401 e. The first-order valence-corrected chi connectivity index (χ1v) is 6.50. The SMILES string of the molecule is Cc1cc(C(=O)O)cc(N2CCN(CC(F)(F)F)CC2)n1. The Balaban J connectivity index is 2.04. The molecule has 0 bridgehead atoms. The van der Waals surface area contributed by atoms with Crippen molar-refractivity contribution in [1.29, 1.82) is 0 Å². The van der Waals surface area contributed by atoms with Crippen LogP contribution >= 0.6 is 0 Å². The zero-order valence-electron chi connectivity index (χ0n) is 11.5. The molecule has 0 saturated carbocycles. The number of carboxylic acid groups (broad SMARTS) is 1. The molecule has 0 atom stereocenters. The van der Waals surface area contributed by atoms with Crippen molar-refractivity contribution in [3.05, 3.63) is 23.4 Å². The first-order chi connectivity index (χ1) is 9.74. The molecule has 0 radical (unpaired) electrons. The first-order valence-electron chi connectivity index (χ1n) is 6.50. The molecule has 1 aliphatic rings. The van der Waals surface area contributed by atoms with E-state index in [1.165, 1.54) is 17.0 Å². The zero-order chi connectivity index (χ0) is 15.6. The molecule has 2 heterocycles. The average Bonchev–Trinajstić information content (AvgIpc) is 2.37. The van der Waals surface area contributed by atoms with Crippen molar-refractivity contribution in [1.82, 2.24) is 9.88 Å². The number of rotatable bonds is 3. The molecule has 0 aliphatic carbocycles. The van der Waals surface area contributed by atoms with Crippen LogP contribution in [0.4, 0.5) is 19.0 Å². The maximum atomic E-state index is 12.3. The molecule has 5 nitrogen and oxygen atoms in total. The summed E-state index contributed by atoms with van der Waals surface area (Å²) in [6.07, 6.45) is -4.19. The third-order valence-electron chi connectivity index (χ3n) is 3.29. The van der Waals surface area contributed by atoms with Crippen LogP contribution in [0.25, 0.3) is 0 Å². The Morgan fingerprint density at radius 3 is 2.43 bits per heavy atom. The van der Waals surface area contributed by atoms with Crippen LogP contribution in [0.1, 0.15) is 16.1 Å². The van der Waals surface area contributed by atoms with Gasteiger partial charge < -0.3 is 10.0 Å². The van der Waals surface area contributed by atoms with Crippen molar-refractivity contribution < 1.29 is 23.1 Å². The molecule has 1 saturated heterocycles. The van der Waals surface area contributed by atoms with Crippen molar-refractivity contribution in [2.24, 2.45) is 0 Å². The van der Waals surface area contributed by atoms with Gasteiger partial charge in [-0.25, -0.2) is 9.78 Å². The summed E-state index contributed by atoms with van der Waals surface area (Å²) >= 11 is 0. The number of hydrogen-bond acceptors (Lipinski definition) is 4. The highest BCUT2D eigenvalue weighted by molar-refractivity contribution is 5.88. The van der Waals surface area contributed by atoms with Gasteiger partial charge in [0, 0.05) is 31.9 Å². The number of aromatic nitrogens is 1. The van der Waals surface area contributed by atoms with Crippen LogP contribution in [0.15, 0.2) is 12.1 Å². The van der Waals surface area contributed by atoms with E-state index in [0.29, 0.717) is 24.6 Å². The molecule has 2 rings (SSSR count). The van der Waals surface area contributed by atoms with E-state index < -0.39 is 18.7 Å². The van der Waals surface area contributed by atoms with Crippen LogP contribution in [0, 0.1) is 6.92 Å². The van der Waals surface area contributed by atoms with Crippen molar-refractivity contribution in [2.45, 2.75) is 13.1 Å². The topological polar surface area (TPSA) is 56.7 Å². The number of carbonyl (C=O) groups is 1. The lowest BCUT2D eigenvalue weighted by atomic mass is 10.2. The van der Waals surface area contributed by atoms with Crippen LogP contribution < -0.4 is 4.90 Å². The second-order valence-corrected chi connectivity index (χ2v) is 5.04. The molecular weight excluding hydrogens is 287 g/mol. The van der Waals surface area contributed by atoms with Crippen LogP contribution in [0.3, 0.4) is 0 Å². The summed E-state index contributed by atoms with van der Waals surface area (Å²) in [4.78, 5) is 18.4. The van der Waals surface area contributed by atoms with E-state index in [1.54, 1.807) is 6.92 Å². The summed E-state index contributed by atoms with van der Waals surface area (Å²) in [5.74, 6) is -0.545. The summed E-state index contributed by atoms with van der Waals surface area (Å²) in [6, 6.07) is 2.92. The van der Waals surface area contributed by atoms with Gasteiger partial charge in [-0.3, -0.25) is 4.90 Å². The number of anilines is 1. The van der Waals surface area contributed by atoms with E-state index in [9.17, 15) is 18.0 Å². The fraction of sp³-hybridized carbons (Fsp3) is 0.538. The van der Waals surface area contributed by atoms with E-state index in [2.05, 4.69) is 4.98 Å². The zero-order valence-corrected chi connectivity index (χ0v) is 11.5. The number of pyridine rings is 1. The number of aromatic carboxylic acids is 1. The van der Waals surface area contributed by atoms with Gasteiger partial charge in [0.05, 0.1) is 12.1 Å². The maximum absolute atomic E-state index is 12.3. The highest BCUT2D eigenvalue weighted by atomic mass is 19.4. The number of carboxylic acids is 1. The Bertz CT molecular complexity index is 526. The number of piperazine rings is 1. The lowest BCUT2D eigenvalue weighted by molar-refractivity contribution is -0.146. The lowest BCUT2D eigenvalue weighted by Crippen LogP contribution is -2.49. The van der Waals surface area contributed by atoms with Gasteiger partial charge in [-0.2, -0.15) is 13.2 Å². The Morgan fingerprint density at radius 1 is 1.29 bits per heavy atom. The molecule has 0 aromatic carbocycles. The number of hydrogen-bond donors (Lipinski definition) is 1. The van der Waals surface area contributed by atoms with Gasteiger partial charge in [0.2, 0.25) is 0 Å². The van der Waals surface area contributed by atoms with Crippen LogP contribution in [-0.4, -0.2) is 59.9 Å². The fourth-order valence-electron chi connectivity index (χ4n) is 2.33. The molecule has 1 aromatic heterocycles. The molecular formula is C13H16F3N3O2. The number of nitrogens with zero attached hydrogens (tertiary/aromatic N) is 3. The van der Waals surface area contributed by atoms with Gasteiger partial charge in [-0.05, 0) is 19.1 Å². The summed E-state index contributed by atoms with van der Waals surface area (Å²) in [5.41, 5.74) is 0.706. The predicted octanol–water partition coefficient (Wildman–Crippen LogP) is 1.77. The Labute approximate surface area is 120 Å². The van der Waals surface area contributed by atoms with E-state index in [-0.39, 0.29) is 18.7 Å². The van der Waals surface area contributed by atoms with Crippen LogP contribution in [0.2, 0.25) is 0 Å². The minimum absolute atomic E-state index is 0.134. The van der Waals surface area contributed by atoms with E-state index >= 15 is 0 Å². The Hall–Kier alpha value is -1.83. The monoisotopic (exact) mass is 303 g/mol. The highest BCUT2D eigenvalue weighted by Gasteiger charge is 2.32. The number of aryl methyl sites for hydroxylation is 1. The Kier molecular flexibility index (Phi) is 4.36. The summed E-state index contributed by atoms with van der Waals surface area (Å²) in [7, 11) is 0. The largest absolute Gasteiger partial charge is 0.478 e. The van der Waals surface area contributed by atoms with Crippen LogP contribution in [-0.2, 0) is 0 Å². The van der Waals surface area contributed by atoms with Crippen molar-refractivity contribution >= 4 is 11.8 Å². The van der Waals surface area contributed by atoms with Crippen molar-refractivity contribution in [3.63, 3.8) is 0 Å². The standard InChI is InChI=1S/C13H16F3N3O2/c1-9-6-10(12(20)21)7-11(17-9)19-4-2-18(3-5-19)8-13(14,15)16/h6-7H,2-5,8H2,1H3,(H,20,21). The molecule has 116 valence electrons. The van der Waals surface area contributed by atoms with Gasteiger partial charge >= 0.3 is 12.1 Å². The van der Waals surface area contributed by atoms with Gasteiger partial charge in [0.1, 0.15) is 5.82 Å². The quantitative estimate of drug-likeness (QED) is 0.922. The third kappa shape index (κ3) is 4.32. The normalized spacial score (nSPS) is 17.0. The van der Waals surface area contributed by atoms with E-state index in [4.69, 9.17) is 5.11 Å². The van der Waals surface area contributed by atoms with Gasteiger partial charge in [0.25, 0.3) is 0 Å². The first kappa shape index (κ1) is 15.6. The third-order valence-corrected chi connectivity index (χ3v) is 3.29. The molecule has 8 heteroatoms. The molecule has 1 fully saturated rings. The molecule has 0 unspecified atom stereocenters. The van der Waals surface area contributed by atoms with Gasteiger partial charge in [-0.15, -0.1) is 0 Å². The van der Waals surface area contributed by atoms with Crippen LogP contribution in [0.5, 0.6) is 0 Å². The second kappa shape index (κ2) is 5.88.